The maximum Gasteiger partial charge on any atom is 0.329 e. The number of carbonyl (C=O) groups is 10. The van der Waals surface area contributed by atoms with Crippen molar-refractivity contribution >= 4 is 88.0 Å². The zero-order valence-corrected chi connectivity index (χ0v) is 41.8. The molecule has 0 spiro atoms. The molecule has 71 heavy (non-hydrogen) atoms. The molecule has 2 aromatic carbocycles. The molecule has 2 aromatic rings. The molecule has 2 rings (SSSR count). The van der Waals surface area contributed by atoms with Crippen LogP contribution < -0.4 is 32.3 Å². The number of carbonyl (C=O) groups excluding carboxylic acids is 6. The number of carboxylic acid groups (broad SMARTS) is 4. The molecule has 0 fully saturated rings. The Morgan fingerprint density at radius 3 is 1.80 bits per heavy atom. The zero-order valence-electron chi connectivity index (χ0n) is 40.2. The number of thiocarbonyl (C=S) groups is 1. The van der Waals surface area contributed by atoms with Crippen molar-refractivity contribution in [2.24, 2.45) is 17.6 Å². The van der Waals surface area contributed by atoms with Crippen molar-refractivity contribution in [2.45, 2.75) is 127 Å². The molecule has 0 aromatic heterocycles. The first-order valence-electron chi connectivity index (χ1n) is 23.4. The Bertz CT molecular complexity index is 2130. The molecule has 11 N–H and O–H groups in total. The van der Waals surface area contributed by atoms with Crippen LogP contribution in [0.1, 0.15) is 102 Å². The van der Waals surface area contributed by atoms with E-state index in [-0.39, 0.29) is 74.4 Å². The first kappa shape index (κ1) is 60.9. The van der Waals surface area contributed by atoms with Crippen molar-refractivity contribution in [1.29, 1.82) is 0 Å². The van der Waals surface area contributed by atoms with Crippen LogP contribution in [0.4, 0.5) is 0 Å². The lowest BCUT2D eigenvalue weighted by molar-refractivity contribution is -0.144. The number of hydrogen-bond donors (Lipinski definition) is 10. The monoisotopic (exact) mass is 1030 g/mol. The topological polar surface area (TPSA) is 338 Å². The normalized spacial score (nSPS) is 13.9. The van der Waals surface area contributed by atoms with Crippen LogP contribution in [0.15, 0.2) is 60.7 Å². The Morgan fingerprint density at radius 1 is 0.648 bits per heavy atom. The van der Waals surface area contributed by atoms with Crippen LogP contribution in [0.5, 0.6) is 0 Å². The molecular weight excluding hydrogens is 961 g/mol. The quantitative estimate of drug-likeness (QED) is 0.0344. The van der Waals surface area contributed by atoms with Crippen molar-refractivity contribution in [1.82, 2.24) is 26.6 Å². The van der Waals surface area contributed by atoms with E-state index in [4.69, 9.17) is 23.1 Å². The zero-order chi connectivity index (χ0) is 52.9. The number of Topliss-reactive ketones (excluding diaryl/α,β-unsaturated/α-hetero) is 3. The van der Waals surface area contributed by atoms with Gasteiger partial charge in [-0.1, -0.05) is 67.1 Å². The molecule has 0 heterocycles. The van der Waals surface area contributed by atoms with Gasteiger partial charge in [-0.3, -0.25) is 43.2 Å². The van der Waals surface area contributed by atoms with Crippen LogP contribution >= 0.6 is 24.0 Å². The predicted octanol–water partition coefficient (Wildman–Crippen LogP) is 2.82. The van der Waals surface area contributed by atoms with E-state index in [1.54, 1.807) is 66.9 Å². The van der Waals surface area contributed by atoms with Gasteiger partial charge in [0.25, 0.3) is 0 Å². The minimum absolute atomic E-state index is 0.0404. The van der Waals surface area contributed by atoms with Gasteiger partial charge in [0.1, 0.15) is 17.4 Å². The second-order valence-corrected chi connectivity index (χ2v) is 18.8. The average molecular weight is 1030 g/mol. The third-order valence-electron chi connectivity index (χ3n) is 11.5. The molecule has 0 bridgehead atoms. The summed E-state index contributed by atoms with van der Waals surface area (Å²) in [7, 11) is 0. The molecule has 0 aliphatic carbocycles. The summed E-state index contributed by atoms with van der Waals surface area (Å²) in [6, 6.07) is 13.6. The van der Waals surface area contributed by atoms with E-state index < -0.39 is 108 Å². The van der Waals surface area contributed by atoms with Crippen molar-refractivity contribution in [3.8, 4) is 0 Å². The van der Waals surface area contributed by atoms with Gasteiger partial charge in [0, 0.05) is 63.3 Å². The summed E-state index contributed by atoms with van der Waals surface area (Å²) in [5.74, 6) is -10.4. The molecule has 6 atom stereocenters. The molecule has 0 saturated heterocycles. The molecule has 0 radical (unpaired) electrons. The van der Waals surface area contributed by atoms with Crippen LogP contribution in [0, 0.1) is 11.8 Å². The Morgan fingerprint density at radius 2 is 1.23 bits per heavy atom. The van der Waals surface area contributed by atoms with Crippen LogP contribution in [0.25, 0.3) is 0 Å². The summed E-state index contributed by atoms with van der Waals surface area (Å²) in [4.78, 5) is 126. The molecule has 390 valence electrons. The number of benzene rings is 2. The third kappa shape index (κ3) is 24.9. The Balaban J connectivity index is 2.07. The molecule has 0 unspecified atom stereocenters. The minimum atomic E-state index is -1.58. The number of carboxylic acids is 4. The lowest BCUT2D eigenvalue weighted by Gasteiger charge is -2.27. The first-order chi connectivity index (χ1) is 33.6. The number of hydrogen-bond acceptors (Lipinski definition) is 13. The number of unbranched alkanes of at least 4 members (excludes halogenated alkanes) is 3. The highest BCUT2D eigenvalue weighted by atomic mass is 32.2. The van der Waals surface area contributed by atoms with Crippen molar-refractivity contribution < 1.29 is 68.4 Å². The Kier molecular flexibility index (Phi) is 27.9. The van der Waals surface area contributed by atoms with Crippen LogP contribution in [-0.2, 0) is 60.8 Å². The van der Waals surface area contributed by atoms with E-state index in [0.717, 1.165) is 5.56 Å². The molecule has 0 aliphatic heterocycles. The number of nitrogens with one attached hydrogen (secondary N) is 5. The smallest absolute Gasteiger partial charge is 0.329 e. The van der Waals surface area contributed by atoms with Gasteiger partial charge in [-0.15, -0.1) is 0 Å². The van der Waals surface area contributed by atoms with Crippen LogP contribution in [0.2, 0.25) is 0 Å². The number of rotatable bonds is 37. The number of thioether (sulfide) groups is 1. The summed E-state index contributed by atoms with van der Waals surface area (Å²) in [5, 5.41) is 51.0. The summed E-state index contributed by atoms with van der Waals surface area (Å²) in [6.07, 6.45) is 2.43. The predicted molar refractivity (Wildman–Crippen MR) is 268 cm³/mol. The Labute approximate surface area is 422 Å². The van der Waals surface area contributed by atoms with Gasteiger partial charge in [-0.2, -0.15) is 11.8 Å². The largest absolute Gasteiger partial charge is 0.481 e. The first-order valence-corrected chi connectivity index (χ1v) is 25.2. The van der Waals surface area contributed by atoms with Crippen molar-refractivity contribution in [3.05, 3.63) is 71.8 Å². The fourth-order valence-electron chi connectivity index (χ4n) is 7.27. The summed E-state index contributed by atoms with van der Waals surface area (Å²) < 4.78 is 0. The maximum atomic E-state index is 14.1. The van der Waals surface area contributed by atoms with Crippen molar-refractivity contribution in [3.63, 3.8) is 0 Å². The lowest BCUT2D eigenvalue weighted by Crippen LogP contribution is -2.55. The van der Waals surface area contributed by atoms with Gasteiger partial charge >= 0.3 is 23.9 Å². The highest BCUT2D eigenvalue weighted by Crippen LogP contribution is 2.19. The van der Waals surface area contributed by atoms with E-state index in [0.29, 0.717) is 37.8 Å². The van der Waals surface area contributed by atoms with Gasteiger partial charge in [0.15, 0.2) is 16.7 Å². The molecular formula is C49H68N6O14S2. The standard InChI is InChI=1S/C49H68N6O14S2/c1-49(47(68)69,55-48(70)51-23-13-5-10-20-42(60)61)22-21-35(56)18-11-12-19-41(59)53-37(25-32-16-8-4-9-17-32)39(57)26-33(24-31-14-6-3-7-15-31)44(64)52-29-36(50)45(65)54-38(28-43(62)63)40(58)27-34(30-71-2)46(66)67/h3-4,6-9,14-17,33-34,36-38H,5,10-13,18-30,50H2,1-2H3,(H,52,64)(H,53,59)(H,54,65)(H,60,61)(H,62,63)(H,66,67)(H,68,69)(H2,51,55,70)/t33-,34+,36+,37+,38+,49+/m1/s1. The maximum absolute atomic E-state index is 14.1. The highest BCUT2D eigenvalue weighted by Gasteiger charge is 2.35. The van der Waals surface area contributed by atoms with E-state index in [1.807, 2.05) is 0 Å². The van der Waals surface area contributed by atoms with E-state index in [2.05, 4.69) is 26.6 Å². The molecule has 20 nitrogen and oxygen atoms in total. The SMILES string of the molecule is CSC[C@H](CC(=O)[C@H](CC(=O)O)NC(=O)[C@@H](N)CNC(=O)[C@@H](CC(=O)[C@H](Cc1ccccc1)NC(=O)CCCCC(=O)CC[C@](C)(NC(=S)NCCCCCC(=O)O)C(=O)O)Cc1ccccc1)C(=O)O. The van der Waals surface area contributed by atoms with Gasteiger partial charge in [0.05, 0.1) is 24.4 Å². The fourth-order valence-corrected chi connectivity index (χ4v) is 8.26. The average Bonchev–Trinajstić information content (AvgIpc) is 3.31. The minimum Gasteiger partial charge on any atom is -0.481 e. The lowest BCUT2D eigenvalue weighted by atomic mass is 9.89. The molecule has 3 amide bonds. The number of aliphatic carboxylic acids is 4. The number of nitrogens with two attached hydrogens (primary N) is 1. The highest BCUT2D eigenvalue weighted by molar-refractivity contribution is 7.98. The molecule has 22 heteroatoms. The fraction of sp³-hybridized carbons (Fsp3) is 0.531. The van der Waals surface area contributed by atoms with Gasteiger partial charge < -0.3 is 52.7 Å². The number of amides is 3. The summed E-state index contributed by atoms with van der Waals surface area (Å²) >= 11 is 6.43. The van der Waals surface area contributed by atoms with Crippen LogP contribution in [-0.4, -0.2) is 133 Å². The van der Waals surface area contributed by atoms with Crippen molar-refractivity contribution in [2.75, 3.05) is 25.1 Å². The third-order valence-corrected chi connectivity index (χ3v) is 12.4. The molecule has 0 aliphatic rings. The van der Waals surface area contributed by atoms with Gasteiger partial charge in [-0.25, -0.2) is 4.79 Å². The van der Waals surface area contributed by atoms with E-state index >= 15 is 0 Å². The van der Waals surface area contributed by atoms with Gasteiger partial charge in [0.2, 0.25) is 17.7 Å². The van der Waals surface area contributed by atoms with E-state index in [9.17, 15) is 63.3 Å². The Hall–Kier alpha value is -6.26. The summed E-state index contributed by atoms with van der Waals surface area (Å²) in [5.41, 5.74) is 5.97. The molecule has 0 saturated carbocycles. The van der Waals surface area contributed by atoms with Gasteiger partial charge in [-0.05, 0) is 81.5 Å². The second kappa shape index (κ2) is 32.6. The number of ketones is 3. The van der Waals surface area contributed by atoms with Crippen LogP contribution in [0.3, 0.4) is 0 Å². The van der Waals surface area contributed by atoms with E-state index in [1.165, 1.54) is 18.7 Å². The second-order valence-electron chi connectivity index (χ2n) is 17.5. The summed E-state index contributed by atoms with van der Waals surface area (Å²) in [6.45, 7) is 1.35.